The minimum atomic E-state index is -0.110. The van der Waals surface area contributed by atoms with E-state index in [0.717, 1.165) is 18.4 Å². The summed E-state index contributed by atoms with van der Waals surface area (Å²) in [5.41, 5.74) is 1.31. The Kier molecular flexibility index (Phi) is 4.96. The summed E-state index contributed by atoms with van der Waals surface area (Å²) in [6.45, 7) is 6.35. The van der Waals surface area contributed by atoms with Gasteiger partial charge in [0.15, 0.2) is 0 Å². The number of hydrogen-bond donors (Lipinski definition) is 1. The molecule has 5 nitrogen and oxygen atoms in total. The minimum Gasteiger partial charge on any atom is -0.460 e. The number of carbonyl (C=O) groups is 2. The van der Waals surface area contributed by atoms with Gasteiger partial charge in [-0.25, -0.2) is 0 Å². The summed E-state index contributed by atoms with van der Waals surface area (Å²) in [6, 6.07) is 9.26. The lowest BCUT2D eigenvalue weighted by Crippen LogP contribution is -2.43. The van der Waals surface area contributed by atoms with Crippen LogP contribution in [-0.4, -0.2) is 35.3 Å². The molecule has 2 aliphatic rings. The molecule has 1 saturated heterocycles. The monoisotopic (exact) mass is 400 g/mol. The van der Waals surface area contributed by atoms with Gasteiger partial charge in [-0.15, -0.1) is 0 Å². The van der Waals surface area contributed by atoms with E-state index in [4.69, 9.17) is 16.0 Å². The Morgan fingerprint density at radius 1 is 1.25 bits per heavy atom. The summed E-state index contributed by atoms with van der Waals surface area (Å²) in [5, 5.41) is 3.60. The number of nitrogens with zero attached hydrogens (tertiary/aromatic N) is 1. The van der Waals surface area contributed by atoms with E-state index in [1.807, 2.05) is 36.9 Å². The zero-order valence-electron chi connectivity index (χ0n) is 16.4. The van der Waals surface area contributed by atoms with Crippen LogP contribution in [0, 0.1) is 18.8 Å². The fourth-order valence-electron chi connectivity index (χ4n) is 4.65. The zero-order valence-corrected chi connectivity index (χ0v) is 17.1. The third kappa shape index (κ3) is 3.22. The SMILES string of the molecule is Cc1oc(-c2ccccc2Cl)cc1C(=O)N1C[C@@H]2CC[C@H]1[C@@H]2C(=O)NC(C)C. The lowest BCUT2D eigenvalue weighted by molar-refractivity contribution is -0.126. The highest BCUT2D eigenvalue weighted by atomic mass is 35.5. The third-order valence-electron chi connectivity index (χ3n) is 5.87. The van der Waals surface area contributed by atoms with Crippen molar-refractivity contribution in [2.24, 2.45) is 11.8 Å². The van der Waals surface area contributed by atoms with Crippen molar-refractivity contribution in [1.29, 1.82) is 0 Å². The second-order valence-corrected chi connectivity index (χ2v) is 8.52. The van der Waals surface area contributed by atoms with Crippen LogP contribution in [-0.2, 0) is 4.79 Å². The van der Waals surface area contributed by atoms with E-state index in [0.29, 0.717) is 28.7 Å². The lowest BCUT2D eigenvalue weighted by Gasteiger charge is -2.27. The first-order valence-corrected chi connectivity index (χ1v) is 10.2. The molecule has 0 radical (unpaired) electrons. The van der Waals surface area contributed by atoms with Crippen LogP contribution in [0.4, 0.5) is 0 Å². The molecule has 2 amide bonds. The summed E-state index contributed by atoms with van der Waals surface area (Å²) in [4.78, 5) is 27.8. The van der Waals surface area contributed by atoms with Gasteiger partial charge >= 0.3 is 0 Å². The van der Waals surface area contributed by atoms with Crippen molar-refractivity contribution < 1.29 is 14.0 Å². The average molecular weight is 401 g/mol. The van der Waals surface area contributed by atoms with E-state index < -0.39 is 0 Å². The van der Waals surface area contributed by atoms with E-state index in [2.05, 4.69) is 5.32 Å². The zero-order chi connectivity index (χ0) is 20.0. The molecule has 0 unspecified atom stereocenters. The standard InChI is InChI=1S/C22H25ClN2O3/c1-12(2)24-21(26)20-14-8-9-18(20)25(11-14)22(27)16-10-19(28-13(16)3)15-6-4-5-7-17(15)23/h4-7,10,12,14,18,20H,8-9,11H2,1-3H3,(H,24,26)/t14-,18-,20+/m0/s1. The number of hydrogen-bond acceptors (Lipinski definition) is 3. The lowest BCUT2D eigenvalue weighted by atomic mass is 9.97. The largest absolute Gasteiger partial charge is 0.460 e. The normalized spacial score (nSPS) is 23.5. The van der Waals surface area contributed by atoms with E-state index in [1.165, 1.54) is 0 Å². The van der Waals surface area contributed by atoms with Gasteiger partial charge in [0, 0.05) is 24.2 Å². The van der Waals surface area contributed by atoms with Crippen molar-refractivity contribution in [3.8, 4) is 11.3 Å². The molecule has 4 rings (SSSR count). The van der Waals surface area contributed by atoms with Crippen LogP contribution in [0.3, 0.4) is 0 Å². The maximum atomic E-state index is 13.3. The Labute approximate surface area is 170 Å². The van der Waals surface area contributed by atoms with Gasteiger partial charge in [0.2, 0.25) is 5.91 Å². The van der Waals surface area contributed by atoms with Crippen LogP contribution in [0.25, 0.3) is 11.3 Å². The van der Waals surface area contributed by atoms with Crippen molar-refractivity contribution >= 4 is 23.4 Å². The Morgan fingerprint density at radius 3 is 2.71 bits per heavy atom. The molecular formula is C22H25ClN2O3. The third-order valence-corrected chi connectivity index (χ3v) is 6.20. The first-order valence-electron chi connectivity index (χ1n) is 9.83. The van der Waals surface area contributed by atoms with Crippen LogP contribution in [0.1, 0.15) is 42.8 Å². The van der Waals surface area contributed by atoms with Gasteiger partial charge in [-0.2, -0.15) is 0 Å². The molecule has 1 aromatic heterocycles. The number of furan rings is 1. The molecule has 3 atom stereocenters. The van der Waals surface area contributed by atoms with Gasteiger partial charge in [-0.05, 0) is 57.7 Å². The minimum absolute atomic E-state index is 0.0330. The quantitative estimate of drug-likeness (QED) is 0.832. The molecule has 2 aromatic rings. The second kappa shape index (κ2) is 7.28. The number of halogens is 1. The summed E-state index contributed by atoms with van der Waals surface area (Å²) < 4.78 is 5.86. The number of likely N-dealkylation sites (tertiary alicyclic amines) is 1. The summed E-state index contributed by atoms with van der Waals surface area (Å²) in [6.07, 6.45) is 1.88. The van der Waals surface area contributed by atoms with Gasteiger partial charge in [-0.3, -0.25) is 9.59 Å². The smallest absolute Gasteiger partial charge is 0.257 e. The van der Waals surface area contributed by atoms with Gasteiger partial charge in [0.25, 0.3) is 5.91 Å². The summed E-state index contributed by atoms with van der Waals surface area (Å²) in [7, 11) is 0. The Morgan fingerprint density at radius 2 is 2.00 bits per heavy atom. The summed E-state index contributed by atoms with van der Waals surface area (Å²) >= 11 is 6.27. The number of benzene rings is 1. The van der Waals surface area contributed by atoms with Crippen LogP contribution < -0.4 is 5.32 Å². The van der Waals surface area contributed by atoms with Crippen LogP contribution in [0.2, 0.25) is 5.02 Å². The van der Waals surface area contributed by atoms with Crippen molar-refractivity contribution in [1.82, 2.24) is 10.2 Å². The fourth-order valence-corrected chi connectivity index (χ4v) is 4.88. The molecule has 28 heavy (non-hydrogen) atoms. The molecule has 2 heterocycles. The maximum absolute atomic E-state index is 13.3. The molecular weight excluding hydrogens is 376 g/mol. The Balaban J connectivity index is 1.58. The van der Waals surface area contributed by atoms with Crippen LogP contribution in [0.5, 0.6) is 0 Å². The first-order chi connectivity index (χ1) is 13.4. The van der Waals surface area contributed by atoms with E-state index in [9.17, 15) is 9.59 Å². The van der Waals surface area contributed by atoms with Gasteiger partial charge < -0.3 is 14.6 Å². The number of aryl methyl sites for hydroxylation is 1. The number of carbonyl (C=O) groups excluding carboxylic acids is 2. The topological polar surface area (TPSA) is 62.6 Å². The second-order valence-electron chi connectivity index (χ2n) is 8.11. The Bertz CT molecular complexity index is 920. The van der Waals surface area contributed by atoms with E-state index in [1.54, 1.807) is 19.1 Å². The van der Waals surface area contributed by atoms with Crippen LogP contribution >= 0.6 is 11.6 Å². The van der Waals surface area contributed by atoms with Crippen molar-refractivity contribution in [3.63, 3.8) is 0 Å². The highest BCUT2D eigenvalue weighted by Gasteiger charge is 2.52. The predicted molar refractivity (Wildman–Crippen MR) is 108 cm³/mol. The molecule has 1 aliphatic carbocycles. The number of piperidine rings is 1. The average Bonchev–Trinajstić information content (AvgIpc) is 3.33. The van der Waals surface area contributed by atoms with Crippen molar-refractivity contribution in [2.75, 3.05) is 6.54 Å². The van der Waals surface area contributed by atoms with Gasteiger partial charge in [0.05, 0.1) is 16.5 Å². The van der Waals surface area contributed by atoms with E-state index >= 15 is 0 Å². The molecule has 1 aromatic carbocycles. The van der Waals surface area contributed by atoms with Crippen molar-refractivity contribution in [2.45, 2.75) is 45.7 Å². The molecule has 1 aliphatic heterocycles. The van der Waals surface area contributed by atoms with Crippen molar-refractivity contribution in [3.05, 3.63) is 46.7 Å². The molecule has 148 valence electrons. The van der Waals surface area contributed by atoms with Gasteiger partial charge in [-0.1, -0.05) is 23.7 Å². The predicted octanol–water partition coefficient (Wildman–Crippen LogP) is 4.28. The number of fused-ring (bicyclic) bond motifs is 2. The molecule has 2 fully saturated rings. The molecule has 1 saturated carbocycles. The van der Waals surface area contributed by atoms with E-state index in [-0.39, 0.29) is 35.7 Å². The van der Waals surface area contributed by atoms with Gasteiger partial charge in [0.1, 0.15) is 11.5 Å². The molecule has 2 bridgehead atoms. The highest BCUT2D eigenvalue weighted by molar-refractivity contribution is 6.33. The number of nitrogens with one attached hydrogen (secondary N) is 1. The maximum Gasteiger partial charge on any atom is 0.257 e. The Hall–Kier alpha value is -2.27. The fraction of sp³-hybridized carbons (Fsp3) is 0.455. The highest BCUT2D eigenvalue weighted by Crippen LogP contribution is 2.44. The molecule has 1 N–H and O–H groups in total. The van der Waals surface area contributed by atoms with Crippen LogP contribution in [0.15, 0.2) is 34.7 Å². The summed E-state index contributed by atoms with van der Waals surface area (Å²) in [5.74, 6) is 1.30. The number of amides is 2. The first kappa shape index (κ1) is 19.1. The molecule has 6 heteroatoms. The molecule has 0 spiro atoms. The number of rotatable bonds is 4.